The zero-order chi connectivity index (χ0) is 57.2. The molecule has 2 heterocycles. The maximum Gasteiger partial charge on any atom is 0.306 e. The van der Waals surface area contributed by atoms with Gasteiger partial charge in [-0.25, -0.2) is 0 Å². The molecule has 2 aliphatic heterocycles. The molecule has 2 rings (SSSR count). The minimum atomic E-state index is -1.71. The van der Waals surface area contributed by atoms with Crippen molar-refractivity contribution in [2.24, 2.45) is 0 Å². The Balaban J connectivity index is 1.68. The topological polar surface area (TPSA) is 214 Å². The lowest BCUT2D eigenvalue weighted by Gasteiger charge is -2.42. The SMILES string of the molecule is CCCCCCC/C=C\C/C=C\C/C=C\CCCCCCCCC(=O)OC(COCCCCCCCCCCCCCC/C=C\CCCCCCCCCC)COC1OC(COC2OC(CO)C(O)C(O)C2O)C(O)C(O)C1O. The van der Waals surface area contributed by atoms with Gasteiger partial charge in [0.15, 0.2) is 12.6 Å². The molecule has 7 N–H and O–H groups in total. The number of aliphatic hydroxyl groups is 7. The van der Waals surface area contributed by atoms with E-state index in [1.54, 1.807) is 0 Å². The van der Waals surface area contributed by atoms with Crippen LogP contribution in [-0.2, 0) is 33.2 Å². The Morgan fingerprint density at radius 3 is 1.24 bits per heavy atom. The molecule has 2 fully saturated rings. The highest BCUT2D eigenvalue weighted by Gasteiger charge is 2.47. The second kappa shape index (κ2) is 51.6. The summed E-state index contributed by atoms with van der Waals surface area (Å²) < 4.78 is 34.5. The van der Waals surface area contributed by atoms with Crippen LogP contribution in [0.5, 0.6) is 0 Å². The van der Waals surface area contributed by atoms with Gasteiger partial charge >= 0.3 is 5.97 Å². The number of hydrogen-bond acceptors (Lipinski definition) is 14. The number of esters is 1. The average Bonchev–Trinajstić information content (AvgIpc) is 3.45. The summed E-state index contributed by atoms with van der Waals surface area (Å²) in [4.78, 5) is 13.1. The maximum atomic E-state index is 13.1. The lowest BCUT2D eigenvalue weighted by atomic mass is 9.98. The standard InChI is InChI=1S/C65H118O14/c1-3-5-7-9-11-13-15-17-19-21-23-25-26-27-29-31-33-35-37-39-41-43-45-47-49-74-51-54(52-75-64-63(73)61(71)59(69)56(79-64)53-76-65-62(72)60(70)58(68)55(50-66)78-65)77-57(67)48-46-44-42-40-38-36-34-32-30-28-24-22-20-18-16-14-12-10-8-6-4-2/h16,18,21-24,30,32,54-56,58-66,68-73H,3-15,17,19-20,25-29,31,33-53H2,1-2H3/b18-16-,23-21-,24-22-,32-30-. The number of carbonyl (C=O) groups excluding carboxylic acids is 1. The maximum absolute atomic E-state index is 13.1. The van der Waals surface area contributed by atoms with Crippen molar-refractivity contribution in [3.05, 3.63) is 48.6 Å². The summed E-state index contributed by atoms with van der Waals surface area (Å²) in [5, 5.41) is 72.5. The first-order chi connectivity index (χ1) is 38.6. The van der Waals surface area contributed by atoms with Gasteiger partial charge < -0.3 is 64.2 Å². The molecule has 0 spiro atoms. The lowest BCUT2D eigenvalue weighted by Crippen LogP contribution is -2.61. The molecule has 0 aromatic heterocycles. The summed E-state index contributed by atoms with van der Waals surface area (Å²) >= 11 is 0. The van der Waals surface area contributed by atoms with Crippen molar-refractivity contribution < 1.29 is 69.0 Å². The van der Waals surface area contributed by atoms with Crippen LogP contribution in [0.25, 0.3) is 0 Å². The number of ether oxygens (including phenoxy) is 6. The largest absolute Gasteiger partial charge is 0.457 e. The zero-order valence-corrected chi connectivity index (χ0v) is 49.9. The number of carbonyl (C=O) groups is 1. The van der Waals surface area contributed by atoms with Gasteiger partial charge in [0.25, 0.3) is 0 Å². The monoisotopic (exact) mass is 1120 g/mol. The van der Waals surface area contributed by atoms with Crippen LogP contribution >= 0.6 is 0 Å². The summed E-state index contributed by atoms with van der Waals surface area (Å²) in [6.45, 7) is 3.70. The van der Waals surface area contributed by atoms with Crippen molar-refractivity contribution in [3.63, 3.8) is 0 Å². The first-order valence-electron chi connectivity index (χ1n) is 32.2. The molecule has 0 amide bonds. The Bertz CT molecular complexity index is 1490. The molecule has 11 atom stereocenters. The van der Waals surface area contributed by atoms with Gasteiger partial charge in [0.05, 0.1) is 26.4 Å². The van der Waals surface area contributed by atoms with Crippen molar-refractivity contribution in [1.29, 1.82) is 0 Å². The van der Waals surface area contributed by atoms with Crippen LogP contribution in [0.1, 0.15) is 258 Å². The minimum Gasteiger partial charge on any atom is -0.457 e. The highest BCUT2D eigenvalue weighted by atomic mass is 16.7. The molecular weight excluding hydrogens is 1000 g/mol. The Morgan fingerprint density at radius 2 is 0.785 bits per heavy atom. The fourth-order valence-corrected chi connectivity index (χ4v) is 10.1. The van der Waals surface area contributed by atoms with Gasteiger partial charge in [-0.15, -0.1) is 0 Å². The van der Waals surface area contributed by atoms with Crippen LogP contribution in [0, 0.1) is 0 Å². The van der Waals surface area contributed by atoms with Gasteiger partial charge in [0.2, 0.25) is 0 Å². The number of allylic oxidation sites excluding steroid dienone is 8. The fraction of sp³-hybridized carbons (Fsp3) is 0.862. The second-order valence-electron chi connectivity index (χ2n) is 22.6. The van der Waals surface area contributed by atoms with Crippen LogP contribution < -0.4 is 0 Å². The van der Waals surface area contributed by atoms with Crippen LogP contribution in [-0.4, -0.2) is 142 Å². The van der Waals surface area contributed by atoms with E-state index < -0.39 is 80.7 Å². The van der Waals surface area contributed by atoms with Crippen LogP contribution in [0.15, 0.2) is 48.6 Å². The first-order valence-corrected chi connectivity index (χ1v) is 32.2. The van der Waals surface area contributed by atoms with E-state index in [2.05, 4.69) is 62.5 Å². The van der Waals surface area contributed by atoms with Gasteiger partial charge in [-0.3, -0.25) is 4.79 Å². The molecule has 2 saturated heterocycles. The van der Waals surface area contributed by atoms with E-state index in [0.29, 0.717) is 13.0 Å². The van der Waals surface area contributed by atoms with Crippen molar-refractivity contribution in [3.8, 4) is 0 Å². The summed E-state index contributed by atoms with van der Waals surface area (Å²) in [5.41, 5.74) is 0. The third-order valence-electron chi connectivity index (χ3n) is 15.3. The van der Waals surface area contributed by atoms with Crippen LogP contribution in [0.4, 0.5) is 0 Å². The van der Waals surface area contributed by atoms with E-state index in [1.807, 2.05) is 0 Å². The average molecular weight is 1120 g/mol. The smallest absolute Gasteiger partial charge is 0.306 e. The minimum absolute atomic E-state index is 0.0564. The van der Waals surface area contributed by atoms with E-state index in [0.717, 1.165) is 70.6 Å². The Labute approximate surface area is 480 Å². The Kier molecular flexibility index (Phi) is 47.7. The van der Waals surface area contributed by atoms with E-state index in [9.17, 15) is 40.5 Å². The Hall–Kier alpha value is -2.05. The zero-order valence-electron chi connectivity index (χ0n) is 49.9. The summed E-state index contributed by atoms with van der Waals surface area (Å²) in [6, 6.07) is 0. The highest BCUT2D eigenvalue weighted by molar-refractivity contribution is 5.69. The molecule has 11 unspecified atom stereocenters. The number of rotatable bonds is 53. The van der Waals surface area contributed by atoms with Crippen molar-refractivity contribution in [2.45, 2.75) is 325 Å². The molecule has 0 aromatic rings. The van der Waals surface area contributed by atoms with Crippen molar-refractivity contribution in [1.82, 2.24) is 0 Å². The van der Waals surface area contributed by atoms with Gasteiger partial charge in [0, 0.05) is 13.0 Å². The molecule has 0 bridgehead atoms. The van der Waals surface area contributed by atoms with Crippen molar-refractivity contribution >= 4 is 5.97 Å². The summed E-state index contributed by atoms with van der Waals surface area (Å²) in [6.07, 6.45) is 47.4. The first kappa shape index (κ1) is 73.1. The van der Waals surface area contributed by atoms with E-state index in [1.165, 1.54) is 161 Å². The summed E-state index contributed by atoms with van der Waals surface area (Å²) in [7, 11) is 0. The lowest BCUT2D eigenvalue weighted by molar-refractivity contribution is -0.332. The van der Waals surface area contributed by atoms with Crippen LogP contribution in [0.2, 0.25) is 0 Å². The highest BCUT2D eigenvalue weighted by Crippen LogP contribution is 2.27. The molecule has 0 aliphatic carbocycles. The quantitative estimate of drug-likeness (QED) is 0.0172. The molecular formula is C65H118O14. The normalized spacial score (nSPS) is 24.3. The molecule has 0 radical (unpaired) electrons. The molecule has 79 heavy (non-hydrogen) atoms. The summed E-state index contributed by atoms with van der Waals surface area (Å²) in [5.74, 6) is -0.385. The van der Waals surface area contributed by atoms with Crippen molar-refractivity contribution in [2.75, 3.05) is 33.0 Å². The molecule has 0 aromatic carbocycles. The van der Waals surface area contributed by atoms with Gasteiger partial charge in [-0.1, -0.05) is 223 Å². The van der Waals surface area contributed by atoms with E-state index in [4.69, 9.17) is 28.4 Å². The predicted molar refractivity (Wildman–Crippen MR) is 316 cm³/mol. The van der Waals surface area contributed by atoms with Gasteiger partial charge in [-0.05, 0) is 77.0 Å². The van der Waals surface area contributed by atoms with Gasteiger partial charge in [0.1, 0.15) is 54.9 Å². The second-order valence-corrected chi connectivity index (χ2v) is 22.6. The van der Waals surface area contributed by atoms with Gasteiger partial charge in [-0.2, -0.15) is 0 Å². The number of unbranched alkanes of at least 4 members (excludes halogenated alkanes) is 31. The molecule has 462 valence electrons. The molecule has 0 saturated carbocycles. The number of aliphatic hydroxyl groups excluding tert-OH is 7. The molecule has 14 heteroatoms. The van der Waals surface area contributed by atoms with Crippen LogP contribution in [0.3, 0.4) is 0 Å². The number of hydrogen-bond donors (Lipinski definition) is 7. The van der Waals surface area contributed by atoms with E-state index in [-0.39, 0.29) is 25.6 Å². The third-order valence-corrected chi connectivity index (χ3v) is 15.3. The predicted octanol–water partition coefficient (Wildman–Crippen LogP) is 12.6. The van der Waals surface area contributed by atoms with E-state index >= 15 is 0 Å². The molecule has 2 aliphatic rings. The molecule has 14 nitrogen and oxygen atoms in total. The Morgan fingerprint density at radius 1 is 0.418 bits per heavy atom. The third kappa shape index (κ3) is 37.7. The fourth-order valence-electron chi connectivity index (χ4n) is 10.1.